The monoisotopic (exact) mass is 224 g/mol. The van der Waals surface area contributed by atoms with Gasteiger partial charge in [-0.1, -0.05) is 0 Å². The summed E-state index contributed by atoms with van der Waals surface area (Å²) in [5, 5.41) is 0. The van der Waals surface area contributed by atoms with Crippen LogP contribution in [0.4, 0.5) is 5.82 Å². The molecule has 2 heterocycles. The second-order valence-electron chi connectivity index (χ2n) is 3.72. The molecule has 0 radical (unpaired) electrons. The predicted molar refractivity (Wildman–Crippen MR) is 58.6 cm³/mol. The van der Waals surface area contributed by atoms with Crippen LogP contribution in [0.2, 0.25) is 0 Å². The minimum atomic E-state index is -0.439. The minimum Gasteiger partial charge on any atom is -0.381 e. The predicted octanol–water partition coefficient (Wildman–Crippen LogP) is 0.414. The Hall–Kier alpha value is -1.24. The van der Waals surface area contributed by atoms with E-state index >= 15 is 0 Å². The standard InChI is InChI=1S/C10H16N4O2/c1-15-10(3-6-16-7-4-10)9-12-5-2-8(13-9)14-11/h2,5H,3-4,6-7,11H2,1H3,(H,12,13,14). The number of nitrogens with zero attached hydrogens (tertiary/aromatic N) is 2. The van der Waals surface area contributed by atoms with Gasteiger partial charge in [0.25, 0.3) is 0 Å². The SMILES string of the molecule is COC1(c2nccc(NN)n2)CCOCC1. The topological polar surface area (TPSA) is 82.3 Å². The zero-order valence-electron chi connectivity index (χ0n) is 9.27. The molecule has 1 aliphatic heterocycles. The number of hydrogen-bond donors (Lipinski definition) is 2. The Kier molecular flexibility index (Phi) is 3.33. The van der Waals surface area contributed by atoms with E-state index in [1.807, 2.05) is 0 Å². The molecule has 1 saturated heterocycles. The zero-order valence-corrected chi connectivity index (χ0v) is 9.27. The quantitative estimate of drug-likeness (QED) is 0.571. The maximum atomic E-state index is 5.59. The van der Waals surface area contributed by atoms with E-state index in [4.69, 9.17) is 15.3 Å². The van der Waals surface area contributed by atoms with Crippen molar-refractivity contribution in [3.05, 3.63) is 18.1 Å². The van der Waals surface area contributed by atoms with E-state index in [0.29, 0.717) is 24.9 Å². The number of methoxy groups -OCH3 is 1. The lowest BCUT2D eigenvalue weighted by Crippen LogP contribution is -2.37. The Bertz CT molecular complexity index is 352. The molecule has 0 saturated carbocycles. The van der Waals surface area contributed by atoms with Gasteiger partial charge in [0.05, 0.1) is 0 Å². The summed E-state index contributed by atoms with van der Waals surface area (Å²) in [7, 11) is 1.68. The highest BCUT2D eigenvalue weighted by molar-refractivity contribution is 5.31. The summed E-state index contributed by atoms with van der Waals surface area (Å²) in [6.07, 6.45) is 3.20. The molecule has 0 bridgehead atoms. The minimum absolute atomic E-state index is 0.439. The van der Waals surface area contributed by atoms with E-state index in [2.05, 4.69) is 15.4 Å². The molecule has 1 fully saturated rings. The van der Waals surface area contributed by atoms with Crippen LogP contribution in [0.3, 0.4) is 0 Å². The largest absolute Gasteiger partial charge is 0.381 e. The molecule has 0 aromatic carbocycles. The fraction of sp³-hybridized carbons (Fsp3) is 0.600. The molecule has 16 heavy (non-hydrogen) atoms. The summed E-state index contributed by atoms with van der Waals surface area (Å²) in [4.78, 5) is 8.60. The molecular weight excluding hydrogens is 208 g/mol. The highest BCUT2D eigenvalue weighted by atomic mass is 16.5. The Balaban J connectivity index is 2.31. The zero-order chi connectivity index (χ0) is 11.4. The van der Waals surface area contributed by atoms with Crippen molar-refractivity contribution in [3.63, 3.8) is 0 Å². The average Bonchev–Trinajstić information content (AvgIpc) is 2.39. The first-order chi connectivity index (χ1) is 7.80. The summed E-state index contributed by atoms with van der Waals surface area (Å²) in [6.45, 7) is 1.33. The van der Waals surface area contributed by atoms with Crippen molar-refractivity contribution in [2.24, 2.45) is 5.84 Å². The van der Waals surface area contributed by atoms with Gasteiger partial charge in [0.2, 0.25) is 0 Å². The summed E-state index contributed by atoms with van der Waals surface area (Å²) in [5.74, 6) is 6.58. The van der Waals surface area contributed by atoms with Crippen molar-refractivity contribution >= 4 is 5.82 Å². The maximum Gasteiger partial charge on any atom is 0.162 e. The highest BCUT2D eigenvalue weighted by Crippen LogP contribution is 2.33. The van der Waals surface area contributed by atoms with Crippen molar-refractivity contribution in [3.8, 4) is 0 Å². The molecule has 3 N–H and O–H groups in total. The Morgan fingerprint density at radius 1 is 1.50 bits per heavy atom. The second kappa shape index (κ2) is 4.73. The smallest absolute Gasteiger partial charge is 0.162 e. The fourth-order valence-corrected chi connectivity index (χ4v) is 1.88. The molecular formula is C10H16N4O2. The summed E-state index contributed by atoms with van der Waals surface area (Å²) in [5.41, 5.74) is 2.07. The highest BCUT2D eigenvalue weighted by Gasteiger charge is 2.37. The van der Waals surface area contributed by atoms with E-state index in [-0.39, 0.29) is 0 Å². The molecule has 88 valence electrons. The van der Waals surface area contributed by atoms with Gasteiger partial charge in [0, 0.05) is 45.4 Å². The summed E-state index contributed by atoms with van der Waals surface area (Å²) < 4.78 is 10.9. The van der Waals surface area contributed by atoms with Crippen LogP contribution in [0.15, 0.2) is 12.3 Å². The van der Waals surface area contributed by atoms with E-state index < -0.39 is 5.60 Å². The van der Waals surface area contributed by atoms with Gasteiger partial charge in [-0.3, -0.25) is 0 Å². The first-order valence-electron chi connectivity index (χ1n) is 5.24. The van der Waals surface area contributed by atoms with Crippen molar-refractivity contribution in [2.75, 3.05) is 25.7 Å². The summed E-state index contributed by atoms with van der Waals surface area (Å²) in [6, 6.07) is 1.71. The fourth-order valence-electron chi connectivity index (χ4n) is 1.88. The van der Waals surface area contributed by atoms with Crippen LogP contribution in [-0.2, 0) is 15.1 Å². The van der Waals surface area contributed by atoms with Gasteiger partial charge in [0.15, 0.2) is 5.82 Å². The van der Waals surface area contributed by atoms with Gasteiger partial charge in [-0.15, -0.1) is 0 Å². The number of nitrogens with two attached hydrogens (primary N) is 1. The molecule has 1 aromatic rings. The van der Waals surface area contributed by atoms with Crippen LogP contribution in [0.1, 0.15) is 18.7 Å². The van der Waals surface area contributed by atoms with E-state index in [1.54, 1.807) is 19.4 Å². The lowest BCUT2D eigenvalue weighted by atomic mass is 9.93. The van der Waals surface area contributed by atoms with Crippen molar-refractivity contribution in [1.29, 1.82) is 0 Å². The van der Waals surface area contributed by atoms with Crippen LogP contribution in [0.5, 0.6) is 0 Å². The second-order valence-corrected chi connectivity index (χ2v) is 3.72. The van der Waals surface area contributed by atoms with Crippen molar-refractivity contribution in [1.82, 2.24) is 9.97 Å². The first kappa shape index (κ1) is 11.3. The lowest BCUT2D eigenvalue weighted by molar-refractivity contribution is -0.0999. The van der Waals surface area contributed by atoms with E-state index in [1.165, 1.54) is 0 Å². The molecule has 0 amide bonds. The molecule has 1 aromatic heterocycles. The number of nitrogen functional groups attached to an aromatic ring is 1. The van der Waals surface area contributed by atoms with E-state index in [0.717, 1.165) is 12.8 Å². The Morgan fingerprint density at radius 3 is 2.88 bits per heavy atom. The average molecular weight is 224 g/mol. The number of ether oxygens (including phenoxy) is 2. The number of nitrogens with one attached hydrogen (secondary N) is 1. The van der Waals surface area contributed by atoms with Gasteiger partial charge >= 0.3 is 0 Å². The molecule has 0 spiro atoms. The normalized spacial score (nSPS) is 19.4. The van der Waals surface area contributed by atoms with Crippen LogP contribution < -0.4 is 11.3 Å². The maximum absolute atomic E-state index is 5.59. The van der Waals surface area contributed by atoms with Gasteiger partial charge < -0.3 is 14.9 Å². The van der Waals surface area contributed by atoms with Crippen molar-refractivity contribution in [2.45, 2.75) is 18.4 Å². The van der Waals surface area contributed by atoms with Crippen molar-refractivity contribution < 1.29 is 9.47 Å². The van der Waals surface area contributed by atoms with Crippen LogP contribution >= 0.6 is 0 Å². The van der Waals surface area contributed by atoms with Gasteiger partial charge in [0.1, 0.15) is 11.4 Å². The van der Waals surface area contributed by atoms with Crippen LogP contribution in [0.25, 0.3) is 0 Å². The number of rotatable bonds is 3. The van der Waals surface area contributed by atoms with Crippen LogP contribution in [0, 0.1) is 0 Å². The molecule has 1 aliphatic rings. The number of hydrazine groups is 1. The molecule has 0 aliphatic carbocycles. The van der Waals surface area contributed by atoms with Gasteiger partial charge in [-0.2, -0.15) is 0 Å². The Labute approximate surface area is 94.1 Å². The lowest BCUT2D eigenvalue weighted by Gasteiger charge is -2.34. The first-order valence-corrected chi connectivity index (χ1v) is 5.24. The van der Waals surface area contributed by atoms with E-state index in [9.17, 15) is 0 Å². The summed E-state index contributed by atoms with van der Waals surface area (Å²) >= 11 is 0. The van der Waals surface area contributed by atoms with Crippen LogP contribution in [-0.4, -0.2) is 30.3 Å². The molecule has 6 nitrogen and oxygen atoms in total. The molecule has 6 heteroatoms. The number of aromatic nitrogens is 2. The number of hydrogen-bond acceptors (Lipinski definition) is 6. The number of anilines is 1. The third kappa shape index (κ3) is 1.99. The molecule has 0 unspecified atom stereocenters. The molecule has 2 rings (SSSR count). The Morgan fingerprint density at radius 2 is 2.25 bits per heavy atom. The third-order valence-corrected chi connectivity index (χ3v) is 2.90. The van der Waals surface area contributed by atoms with Gasteiger partial charge in [-0.05, 0) is 0 Å². The molecule has 0 atom stereocenters. The van der Waals surface area contributed by atoms with Gasteiger partial charge in [-0.25, -0.2) is 15.8 Å². The third-order valence-electron chi connectivity index (χ3n) is 2.90.